The zero-order valence-corrected chi connectivity index (χ0v) is 16.0. The van der Waals surface area contributed by atoms with Gasteiger partial charge in [-0.2, -0.15) is 0 Å². The molecule has 0 aromatic heterocycles. The second kappa shape index (κ2) is 8.56. The van der Waals surface area contributed by atoms with Gasteiger partial charge in [0.1, 0.15) is 0 Å². The van der Waals surface area contributed by atoms with Crippen LogP contribution < -0.4 is 4.74 Å². The Kier molecular flexibility index (Phi) is 5.94. The SMILES string of the molecule is CN(C)C(=O)Oc1c(Cl)cccc1/C(=C/c1ccccc1)c1ccccc1. The Hall–Kier alpha value is -3.04. The minimum atomic E-state index is -0.475. The Morgan fingerprint density at radius 1 is 0.889 bits per heavy atom. The quantitative estimate of drug-likeness (QED) is 0.522. The molecule has 3 nitrogen and oxygen atoms in total. The lowest BCUT2D eigenvalue weighted by molar-refractivity contribution is 0.172. The molecule has 0 unspecified atom stereocenters. The second-order valence-electron chi connectivity index (χ2n) is 6.21. The average Bonchev–Trinajstić information content (AvgIpc) is 2.69. The lowest BCUT2D eigenvalue weighted by Crippen LogP contribution is -2.25. The molecule has 0 saturated carbocycles. The molecule has 136 valence electrons. The zero-order valence-electron chi connectivity index (χ0n) is 15.2. The third-order valence-electron chi connectivity index (χ3n) is 4.01. The maximum Gasteiger partial charge on any atom is 0.414 e. The van der Waals surface area contributed by atoms with Crippen LogP contribution in [0.4, 0.5) is 4.79 Å². The van der Waals surface area contributed by atoms with Gasteiger partial charge in [0, 0.05) is 19.7 Å². The first-order valence-corrected chi connectivity index (χ1v) is 8.94. The van der Waals surface area contributed by atoms with E-state index < -0.39 is 6.09 Å². The van der Waals surface area contributed by atoms with Crippen LogP contribution in [0.15, 0.2) is 78.9 Å². The summed E-state index contributed by atoms with van der Waals surface area (Å²) in [6, 6.07) is 25.4. The van der Waals surface area contributed by atoms with Gasteiger partial charge in [-0.15, -0.1) is 0 Å². The fourth-order valence-corrected chi connectivity index (χ4v) is 2.87. The molecular formula is C23H20ClNO2. The number of carbonyl (C=O) groups is 1. The number of para-hydroxylation sites is 1. The van der Waals surface area contributed by atoms with E-state index in [9.17, 15) is 4.79 Å². The molecule has 0 fully saturated rings. The van der Waals surface area contributed by atoms with Crippen LogP contribution in [0.3, 0.4) is 0 Å². The number of halogens is 1. The highest BCUT2D eigenvalue weighted by Crippen LogP contribution is 2.37. The molecule has 1 amide bonds. The van der Waals surface area contributed by atoms with Gasteiger partial charge >= 0.3 is 6.09 Å². The Labute approximate surface area is 164 Å². The van der Waals surface area contributed by atoms with Crippen molar-refractivity contribution in [2.24, 2.45) is 0 Å². The summed E-state index contributed by atoms with van der Waals surface area (Å²) in [5, 5.41) is 0.387. The topological polar surface area (TPSA) is 29.5 Å². The molecule has 0 atom stereocenters. The summed E-state index contributed by atoms with van der Waals surface area (Å²) in [6.45, 7) is 0. The summed E-state index contributed by atoms with van der Waals surface area (Å²) in [4.78, 5) is 13.5. The van der Waals surface area contributed by atoms with Crippen LogP contribution in [0.2, 0.25) is 5.02 Å². The number of benzene rings is 3. The van der Waals surface area contributed by atoms with Crippen molar-refractivity contribution in [3.8, 4) is 5.75 Å². The van der Waals surface area contributed by atoms with Gasteiger partial charge in [-0.1, -0.05) is 84.4 Å². The van der Waals surface area contributed by atoms with Crippen LogP contribution in [0.5, 0.6) is 5.75 Å². The van der Waals surface area contributed by atoms with Crippen LogP contribution in [-0.2, 0) is 0 Å². The molecule has 0 spiro atoms. The Morgan fingerprint density at radius 2 is 1.52 bits per heavy atom. The molecule has 0 bridgehead atoms. The van der Waals surface area contributed by atoms with Crippen molar-refractivity contribution in [1.82, 2.24) is 4.90 Å². The van der Waals surface area contributed by atoms with E-state index in [-0.39, 0.29) is 0 Å². The van der Waals surface area contributed by atoms with Crippen LogP contribution in [0, 0.1) is 0 Å². The van der Waals surface area contributed by atoms with E-state index in [1.54, 1.807) is 20.2 Å². The first kappa shape index (κ1) is 18.7. The first-order chi connectivity index (χ1) is 13.1. The highest BCUT2D eigenvalue weighted by atomic mass is 35.5. The van der Waals surface area contributed by atoms with Crippen molar-refractivity contribution in [3.05, 3.63) is 101 Å². The van der Waals surface area contributed by atoms with Gasteiger partial charge in [-0.3, -0.25) is 0 Å². The summed E-state index contributed by atoms with van der Waals surface area (Å²) in [6.07, 6.45) is 1.59. The van der Waals surface area contributed by atoms with Crippen molar-refractivity contribution in [1.29, 1.82) is 0 Å². The molecule has 0 heterocycles. The standard InChI is InChI=1S/C23H20ClNO2/c1-25(2)23(26)27-22-19(14-9-15-21(22)24)20(18-12-7-4-8-13-18)16-17-10-5-3-6-11-17/h3-16H,1-2H3/b20-16+. The molecule has 0 saturated heterocycles. The summed E-state index contributed by atoms with van der Waals surface area (Å²) in [5.74, 6) is 0.351. The van der Waals surface area contributed by atoms with Gasteiger partial charge in [-0.05, 0) is 28.8 Å². The molecule has 0 N–H and O–H groups in total. The van der Waals surface area contributed by atoms with E-state index in [1.165, 1.54) is 4.90 Å². The number of carbonyl (C=O) groups excluding carboxylic acids is 1. The maximum atomic E-state index is 12.2. The molecule has 0 aliphatic heterocycles. The van der Waals surface area contributed by atoms with Crippen LogP contribution in [0.1, 0.15) is 16.7 Å². The maximum absolute atomic E-state index is 12.2. The number of amides is 1. The van der Waals surface area contributed by atoms with Gasteiger partial charge < -0.3 is 9.64 Å². The number of ether oxygens (including phenoxy) is 1. The number of hydrogen-bond donors (Lipinski definition) is 0. The largest absolute Gasteiger partial charge is 0.414 e. The van der Waals surface area contributed by atoms with Crippen LogP contribution in [-0.4, -0.2) is 25.1 Å². The minimum absolute atomic E-state index is 0.351. The molecule has 0 aliphatic rings. The average molecular weight is 378 g/mol. The van der Waals surface area contributed by atoms with Crippen LogP contribution >= 0.6 is 11.6 Å². The highest BCUT2D eigenvalue weighted by Gasteiger charge is 2.18. The Bertz CT molecular complexity index is 951. The number of hydrogen-bond acceptors (Lipinski definition) is 2. The molecule has 0 aliphatic carbocycles. The number of rotatable bonds is 4. The summed E-state index contributed by atoms with van der Waals surface area (Å²) < 4.78 is 5.59. The molecule has 0 radical (unpaired) electrons. The normalized spacial score (nSPS) is 11.1. The van der Waals surface area contributed by atoms with Gasteiger partial charge in [0.05, 0.1) is 5.02 Å². The summed E-state index contributed by atoms with van der Waals surface area (Å²) in [5.41, 5.74) is 3.73. The molecule has 3 aromatic carbocycles. The molecule has 27 heavy (non-hydrogen) atoms. The lowest BCUT2D eigenvalue weighted by atomic mass is 9.95. The van der Waals surface area contributed by atoms with Crippen molar-refractivity contribution in [3.63, 3.8) is 0 Å². The van der Waals surface area contributed by atoms with Crippen molar-refractivity contribution >= 4 is 29.3 Å². The van der Waals surface area contributed by atoms with E-state index >= 15 is 0 Å². The highest BCUT2D eigenvalue weighted by molar-refractivity contribution is 6.32. The third kappa shape index (κ3) is 4.57. The summed E-state index contributed by atoms with van der Waals surface area (Å²) >= 11 is 6.39. The molecule has 3 aromatic rings. The third-order valence-corrected chi connectivity index (χ3v) is 4.30. The predicted octanol–water partition coefficient (Wildman–Crippen LogP) is 5.99. The zero-order chi connectivity index (χ0) is 19.2. The van der Waals surface area contributed by atoms with E-state index in [4.69, 9.17) is 16.3 Å². The van der Waals surface area contributed by atoms with Crippen molar-refractivity contribution < 1.29 is 9.53 Å². The van der Waals surface area contributed by atoms with E-state index in [2.05, 4.69) is 6.08 Å². The Morgan fingerprint density at radius 3 is 2.15 bits per heavy atom. The molecular weight excluding hydrogens is 358 g/mol. The van der Waals surface area contributed by atoms with Crippen molar-refractivity contribution in [2.75, 3.05) is 14.1 Å². The lowest BCUT2D eigenvalue weighted by Gasteiger charge is -2.17. The fraction of sp³-hybridized carbons (Fsp3) is 0.0870. The van der Waals surface area contributed by atoms with Gasteiger partial charge in [0.15, 0.2) is 5.75 Å². The van der Waals surface area contributed by atoms with Crippen molar-refractivity contribution in [2.45, 2.75) is 0 Å². The second-order valence-corrected chi connectivity index (χ2v) is 6.62. The molecule has 3 rings (SSSR count). The fourth-order valence-electron chi connectivity index (χ4n) is 2.65. The van der Waals surface area contributed by atoms with Crippen LogP contribution in [0.25, 0.3) is 11.6 Å². The van der Waals surface area contributed by atoms with Gasteiger partial charge in [-0.25, -0.2) is 4.79 Å². The van der Waals surface area contributed by atoms with E-state index in [0.29, 0.717) is 10.8 Å². The smallest absolute Gasteiger partial charge is 0.408 e. The Balaban J connectivity index is 2.18. The molecule has 4 heteroatoms. The first-order valence-electron chi connectivity index (χ1n) is 8.56. The van der Waals surface area contributed by atoms with E-state index in [0.717, 1.165) is 22.3 Å². The van der Waals surface area contributed by atoms with Gasteiger partial charge in [0.25, 0.3) is 0 Å². The van der Waals surface area contributed by atoms with E-state index in [1.807, 2.05) is 72.8 Å². The summed E-state index contributed by atoms with van der Waals surface area (Å²) in [7, 11) is 3.27. The number of nitrogens with zero attached hydrogens (tertiary/aromatic N) is 1. The van der Waals surface area contributed by atoms with Gasteiger partial charge in [0.2, 0.25) is 0 Å². The minimum Gasteiger partial charge on any atom is -0.408 e. The monoisotopic (exact) mass is 377 g/mol. The predicted molar refractivity (Wildman–Crippen MR) is 111 cm³/mol.